The van der Waals surface area contributed by atoms with E-state index >= 15 is 0 Å². The Kier molecular flexibility index (Phi) is 2.64. The average Bonchev–Trinajstić information content (AvgIpc) is 2.55. The summed E-state index contributed by atoms with van der Waals surface area (Å²) in [6.45, 7) is 0.626. The van der Waals surface area contributed by atoms with Gasteiger partial charge in [-0.15, -0.1) is 0 Å². The second-order valence-corrected chi connectivity index (χ2v) is 4.05. The lowest BCUT2D eigenvalue weighted by Crippen LogP contribution is -2.10. The molecule has 3 rings (SSSR count). The van der Waals surface area contributed by atoms with Gasteiger partial charge in [0.15, 0.2) is 12.5 Å². The van der Waals surface area contributed by atoms with E-state index in [0.29, 0.717) is 23.5 Å². The molecule has 1 heterocycles. The Hall–Kier alpha value is -2.07. The van der Waals surface area contributed by atoms with Crippen LogP contribution < -0.4 is 14.9 Å². The van der Waals surface area contributed by atoms with E-state index in [1.165, 1.54) is 7.11 Å². The molecule has 0 atom stereocenters. The van der Waals surface area contributed by atoms with Crippen LogP contribution in [0.4, 0.5) is 0 Å². The quantitative estimate of drug-likeness (QED) is 0.770. The number of hydrogen-bond acceptors (Lipinski definition) is 4. The first kappa shape index (κ1) is 11.0. The van der Waals surface area contributed by atoms with Gasteiger partial charge in [0.2, 0.25) is 5.43 Å². The summed E-state index contributed by atoms with van der Waals surface area (Å²) in [6, 6.07) is 9.05. The molecule has 0 fully saturated rings. The van der Waals surface area contributed by atoms with Gasteiger partial charge in [-0.3, -0.25) is 4.79 Å². The van der Waals surface area contributed by atoms with E-state index in [0.717, 1.165) is 10.9 Å². The van der Waals surface area contributed by atoms with E-state index < -0.39 is 0 Å². The fourth-order valence-electron chi connectivity index (χ4n) is 2.16. The Morgan fingerprint density at radius 1 is 1.22 bits per heavy atom. The van der Waals surface area contributed by atoms with Crippen molar-refractivity contribution in [2.45, 2.75) is 6.61 Å². The molecule has 0 unspecified atom stereocenters. The summed E-state index contributed by atoms with van der Waals surface area (Å²) in [5.41, 5.74) is 0.697. The largest absolute Gasteiger partial charge is 0.493 e. The van der Waals surface area contributed by atoms with Crippen LogP contribution >= 0.6 is 0 Å². The normalized spacial score (nSPS) is 13.8. The van der Waals surface area contributed by atoms with Crippen LogP contribution in [-0.2, 0) is 11.3 Å². The molecule has 92 valence electrons. The highest BCUT2D eigenvalue weighted by Crippen LogP contribution is 2.31. The van der Waals surface area contributed by atoms with Crippen molar-refractivity contribution in [1.82, 2.24) is 0 Å². The number of benzene rings is 1. The molecule has 1 aliphatic heterocycles. The van der Waals surface area contributed by atoms with Crippen molar-refractivity contribution in [3.63, 3.8) is 0 Å². The van der Waals surface area contributed by atoms with Crippen molar-refractivity contribution in [3.05, 3.63) is 46.1 Å². The van der Waals surface area contributed by atoms with Crippen LogP contribution in [0.15, 0.2) is 35.1 Å². The molecular formula is C14H12O4. The molecule has 0 bridgehead atoms. The number of hydrogen-bond donors (Lipinski definition) is 0. The Labute approximate surface area is 104 Å². The fraction of sp³-hybridized carbons (Fsp3) is 0.214. The second kappa shape index (κ2) is 4.31. The Morgan fingerprint density at radius 3 is 2.78 bits per heavy atom. The third kappa shape index (κ3) is 1.62. The number of methoxy groups -OCH3 is 1. The minimum absolute atomic E-state index is 0.133. The molecule has 18 heavy (non-hydrogen) atoms. The van der Waals surface area contributed by atoms with Gasteiger partial charge < -0.3 is 14.2 Å². The minimum atomic E-state index is -0.133. The fourth-order valence-corrected chi connectivity index (χ4v) is 2.16. The Bertz CT molecular complexity index is 664. The van der Waals surface area contributed by atoms with Crippen molar-refractivity contribution in [2.75, 3.05) is 13.9 Å². The molecule has 0 amide bonds. The van der Waals surface area contributed by atoms with Gasteiger partial charge in [0.05, 0.1) is 13.7 Å². The van der Waals surface area contributed by atoms with Gasteiger partial charge in [-0.2, -0.15) is 0 Å². The molecule has 0 aromatic heterocycles. The number of fused-ring (bicyclic) bond motifs is 3. The highest BCUT2D eigenvalue weighted by Gasteiger charge is 2.16. The lowest BCUT2D eigenvalue weighted by atomic mass is 10.1. The predicted molar refractivity (Wildman–Crippen MR) is 67.1 cm³/mol. The zero-order valence-electron chi connectivity index (χ0n) is 9.93. The highest BCUT2D eigenvalue weighted by atomic mass is 16.7. The van der Waals surface area contributed by atoms with Gasteiger partial charge in [-0.05, 0) is 6.07 Å². The van der Waals surface area contributed by atoms with Crippen molar-refractivity contribution in [3.8, 4) is 11.5 Å². The SMILES string of the molecule is COc1cc2c(c3ccccc3c1=O)OCOC2. The third-order valence-corrected chi connectivity index (χ3v) is 3.00. The lowest BCUT2D eigenvalue weighted by Gasteiger charge is -2.16. The zero-order valence-corrected chi connectivity index (χ0v) is 9.93. The second-order valence-electron chi connectivity index (χ2n) is 4.05. The maximum absolute atomic E-state index is 12.3. The van der Waals surface area contributed by atoms with Gasteiger partial charge in [0, 0.05) is 16.3 Å². The van der Waals surface area contributed by atoms with E-state index in [1.54, 1.807) is 12.1 Å². The van der Waals surface area contributed by atoms with Crippen molar-refractivity contribution in [1.29, 1.82) is 0 Å². The van der Waals surface area contributed by atoms with Crippen LogP contribution in [0.3, 0.4) is 0 Å². The summed E-state index contributed by atoms with van der Waals surface area (Å²) < 4.78 is 15.9. The zero-order chi connectivity index (χ0) is 12.5. The third-order valence-electron chi connectivity index (χ3n) is 3.00. The number of ether oxygens (including phenoxy) is 3. The van der Waals surface area contributed by atoms with Crippen LogP contribution in [-0.4, -0.2) is 13.9 Å². The summed E-state index contributed by atoms with van der Waals surface area (Å²) in [7, 11) is 1.49. The summed E-state index contributed by atoms with van der Waals surface area (Å²) in [5, 5.41) is 1.39. The summed E-state index contributed by atoms with van der Waals surface area (Å²) in [5.74, 6) is 1.01. The smallest absolute Gasteiger partial charge is 0.228 e. The first-order chi connectivity index (χ1) is 8.81. The number of rotatable bonds is 1. The summed E-state index contributed by atoms with van der Waals surface area (Å²) in [6.07, 6.45) is 0. The molecule has 0 spiro atoms. The lowest BCUT2D eigenvalue weighted by molar-refractivity contribution is -0.0151. The molecule has 2 aromatic rings. The van der Waals surface area contributed by atoms with E-state index in [-0.39, 0.29) is 12.2 Å². The molecule has 2 aromatic carbocycles. The van der Waals surface area contributed by atoms with Crippen LogP contribution in [0.1, 0.15) is 5.56 Å². The molecule has 0 saturated heterocycles. The van der Waals surface area contributed by atoms with Gasteiger partial charge in [-0.25, -0.2) is 0 Å². The minimum Gasteiger partial charge on any atom is -0.493 e. The first-order valence-corrected chi connectivity index (χ1v) is 5.64. The molecule has 1 aliphatic rings. The maximum atomic E-state index is 12.3. The van der Waals surface area contributed by atoms with Gasteiger partial charge in [0.25, 0.3) is 0 Å². The summed E-state index contributed by atoms with van der Waals surface area (Å²) in [4.78, 5) is 12.3. The molecule has 0 saturated carbocycles. The van der Waals surface area contributed by atoms with Gasteiger partial charge in [0.1, 0.15) is 5.75 Å². The van der Waals surface area contributed by atoms with Crippen molar-refractivity contribution >= 4 is 10.8 Å². The predicted octanol–water partition coefficient (Wildman–Crippen LogP) is 2.08. The molecule has 4 heteroatoms. The Balaban J connectivity index is 2.50. The summed E-state index contributed by atoms with van der Waals surface area (Å²) >= 11 is 0. The van der Waals surface area contributed by atoms with E-state index in [4.69, 9.17) is 14.2 Å². The molecule has 0 N–H and O–H groups in total. The standard InChI is InChI=1S/C14H12O4/c1-16-12-6-9-7-17-8-18-14(9)11-5-3-2-4-10(11)13(12)15/h2-6H,7-8H2,1H3. The molecule has 0 aliphatic carbocycles. The van der Waals surface area contributed by atoms with Crippen LogP contribution in [0.5, 0.6) is 11.5 Å². The van der Waals surface area contributed by atoms with E-state index in [9.17, 15) is 4.79 Å². The van der Waals surface area contributed by atoms with Gasteiger partial charge in [-0.1, -0.05) is 24.3 Å². The van der Waals surface area contributed by atoms with Gasteiger partial charge >= 0.3 is 0 Å². The average molecular weight is 244 g/mol. The van der Waals surface area contributed by atoms with Crippen LogP contribution in [0.25, 0.3) is 10.8 Å². The molecule has 4 nitrogen and oxygen atoms in total. The van der Waals surface area contributed by atoms with E-state index in [2.05, 4.69) is 0 Å². The van der Waals surface area contributed by atoms with Crippen molar-refractivity contribution in [2.24, 2.45) is 0 Å². The first-order valence-electron chi connectivity index (χ1n) is 5.64. The topological polar surface area (TPSA) is 44.8 Å². The molecule has 0 radical (unpaired) electrons. The highest BCUT2D eigenvalue weighted by molar-refractivity contribution is 5.89. The monoisotopic (exact) mass is 244 g/mol. The van der Waals surface area contributed by atoms with Crippen molar-refractivity contribution < 1.29 is 14.2 Å². The van der Waals surface area contributed by atoms with Crippen LogP contribution in [0, 0.1) is 0 Å². The molecular weight excluding hydrogens is 232 g/mol. The Morgan fingerprint density at radius 2 is 2.00 bits per heavy atom. The van der Waals surface area contributed by atoms with E-state index in [1.807, 2.05) is 18.2 Å². The maximum Gasteiger partial charge on any atom is 0.228 e. The van der Waals surface area contributed by atoms with Crippen LogP contribution in [0.2, 0.25) is 0 Å².